The number of benzene rings is 2. The Morgan fingerprint density at radius 1 is 1.09 bits per heavy atom. The van der Waals surface area contributed by atoms with Crippen LogP contribution in [0.15, 0.2) is 51.7 Å². The van der Waals surface area contributed by atoms with Crippen molar-refractivity contribution in [2.24, 2.45) is 0 Å². The Morgan fingerprint density at radius 2 is 1.82 bits per heavy atom. The molecule has 0 spiro atoms. The minimum Gasteiger partial charge on any atom is -0.478 e. The van der Waals surface area contributed by atoms with Crippen LogP contribution in [-0.4, -0.2) is 11.1 Å². The number of rotatable bonds is 2. The van der Waals surface area contributed by atoms with Crippen molar-refractivity contribution in [2.45, 2.75) is 13.8 Å². The summed E-state index contributed by atoms with van der Waals surface area (Å²) in [4.78, 5) is 23.7. The molecule has 2 aromatic carbocycles. The van der Waals surface area contributed by atoms with Gasteiger partial charge in [-0.15, -0.1) is 0 Å². The van der Waals surface area contributed by atoms with Crippen LogP contribution in [0.2, 0.25) is 0 Å². The molecule has 0 amide bonds. The Labute approximate surface area is 126 Å². The molecule has 1 aromatic heterocycles. The quantitative estimate of drug-likeness (QED) is 0.781. The lowest BCUT2D eigenvalue weighted by molar-refractivity contribution is 0.0697. The van der Waals surface area contributed by atoms with Gasteiger partial charge in [-0.25, -0.2) is 4.79 Å². The highest BCUT2D eigenvalue weighted by Gasteiger charge is 2.15. The van der Waals surface area contributed by atoms with E-state index in [1.165, 1.54) is 12.1 Å². The summed E-state index contributed by atoms with van der Waals surface area (Å²) in [7, 11) is 0. The first kappa shape index (κ1) is 14.1. The van der Waals surface area contributed by atoms with Gasteiger partial charge in [-0.2, -0.15) is 0 Å². The van der Waals surface area contributed by atoms with Crippen LogP contribution in [-0.2, 0) is 0 Å². The molecule has 0 saturated heterocycles. The second-order valence-electron chi connectivity index (χ2n) is 5.28. The van der Waals surface area contributed by atoms with E-state index in [-0.39, 0.29) is 16.8 Å². The summed E-state index contributed by atoms with van der Waals surface area (Å²) in [5, 5.41) is 9.81. The van der Waals surface area contributed by atoms with E-state index in [4.69, 9.17) is 4.42 Å². The zero-order valence-corrected chi connectivity index (χ0v) is 12.2. The Kier molecular flexibility index (Phi) is 3.29. The SMILES string of the molecule is Cc1cc(C)c2c(=O)cc(-c3ccccc3C(=O)O)oc2c1. The lowest BCUT2D eigenvalue weighted by Crippen LogP contribution is -2.05. The van der Waals surface area contributed by atoms with E-state index >= 15 is 0 Å². The van der Waals surface area contributed by atoms with Gasteiger partial charge in [-0.1, -0.05) is 24.3 Å². The van der Waals surface area contributed by atoms with Crippen molar-refractivity contribution in [3.63, 3.8) is 0 Å². The standard InChI is InChI=1S/C18H14O4/c1-10-7-11(2)17-14(19)9-15(22-16(17)8-10)12-5-3-4-6-13(12)18(20)21/h3-9H,1-2H3,(H,20,21). The number of carboxylic acid groups (broad SMARTS) is 1. The van der Waals surface area contributed by atoms with Gasteiger partial charge in [-0.05, 0) is 37.1 Å². The van der Waals surface area contributed by atoms with Crippen LogP contribution in [0.3, 0.4) is 0 Å². The molecule has 0 aliphatic carbocycles. The third kappa shape index (κ3) is 2.29. The highest BCUT2D eigenvalue weighted by atomic mass is 16.4. The zero-order chi connectivity index (χ0) is 15.9. The molecule has 1 N–H and O–H groups in total. The Hall–Kier alpha value is -2.88. The largest absolute Gasteiger partial charge is 0.478 e. The minimum atomic E-state index is -1.06. The third-order valence-electron chi connectivity index (χ3n) is 3.60. The van der Waals surface area contributed by atoms with Gasteiger partial charge in [0.15, 0.2) is 5.43 Å². The van der Waals surface area contributed by atoms with Crippen molar-refractivity contribution in [1.29, 1.82) is 0 Å². The van der Waals surface area contributed by atoms with Crippen LogP contribution in [0.5, 0.6) is 0 Å². The van der Waals surface area contributed by atoms with Gasteiger partial charge in [0.2, 0.25) is 0 Å². The number of carbonyl (C=O) groups is 1. The van der Waals surface area contributed by atoms with Gasteiger partial charge in [-0.3, -0.25) is 4.79 Å². The average Bonchev–Trinajstić information content (AvgIpc) is 2.45. The Balaban J connectivity index is 2.35. The Bertz CT molecular complexity index is 951. The molecule has 0 unspecified atom stereocenters. The van der Waals surface area contributed by atoms with Crippen molar-refractivity contribution < 1.29 is 14.3 Å². The fraction of sp³-hybridized carbons (Fsp3) is 0.111. The van der Waals surface area contributed by atoms with Gasteiger partial charge in [0, 0.05) is 11.6 Å². The second kappa shape index (κ2) is 5.15. The number of aryl methyl sites for hydroxylation is 2. The molecule has 0 radical (unpaired) electrons. The van der Waals surface area contributed by atoms with E-state index in [1.807, 2.05) is 19.9 Å². The first-order valence-corrected chi connectivity index (χ1v) is 6.85. The molecule has 110 valence electrons. The predicted octanol–water partition coefficient (Wildman–Crippen LogP) is 3.78. The maximum Gasteiger partial charge on any atom is 0.336 e. The smallest absolute Gasteiger partial charge is 0.336 e. The van der Waals surface area contributed by atoms with Crippen LogP contribution in [0.25, 0.3) is 22.3 Å². The van der Waals surface area contributed by atoms with E-state index in [0.717, 1.165) is 11.1 Å². The highest BCUT2D eigenvalue weighted by molar-refractivity contribution is 5.95. The molecule has 0 saturated carbocycles. The predicted molar refractivity (Wildman–Crippen MR) is 84.4 cm³/mol. The van der Waals surface area contributed by atoms with Crippen LogP contribution in [0.1, 0.15) is 21.5 Å². The topological polar surface area (TPSA) is 67.5 Å². The van der Waals surface area contributed by atoms with Crippen LogP contribution >= 0.6 is 0 Å². The first-order chi connectivity index (χ1) is 10.5. The van der Waals surface area contributed by atoms with Gasteiger partial charge in [0.05, 0.1) is 10.9 Å². The van der Waals surface area contributed by atoms with E-state index in [0.29, 0.717) is 16.5 Å². The van der Waals surface area contributed by atoms with Crippen LogP contribution < -0.4 is 5.43 Å². The molecule has 0 aliphatic rings. The van der Waals surface area contributed by atoms with E-state index in [9.17, 15) is 14.7 Å². The molecular formula is C18H14O4. The second-order valence-corrected chi connectivity index (χ2v) is 5.28. The van der Waals surface area contributed by atoms with Gasteiger partial charge >= 0.3 is 5.97 Å². The zero-order valence-electron chi connectivity index (χ0n) is 12.2. The monoisotopic (exact) mass is 294 g/mol. The Morgan fingerprint density at radius 3 is 2.55 bits per heavy atom. The lowest BCUT2D eigenvalue weighted by Gasteiger charge is -2.08. The number of aromatic carboxylic acids is 1. The van der Waals surface area contributed by atoms with Crippen molar-refractivity contribution in [3.05, 3.63) is 69.4 Å². The van der Waals surface area contributed by atoms with Gasteiger partial charge < -0.3 is 9.52 Å². The molecular weight excluding hydrogens is 280 g/mol. The van der Waals surface area contributed by atoms with Crippen molar-refractivity contribution in [3.8, 4) is 11.3 Å². The normalized spacial score (nSPS) is 10.8. The fourth-order valence-corrected chi connectivity index (χ4v) is 2.68. The number of hydrogen-bond acceptors (Lipinski definition) is 3. The maximum atomic E-state index is 12.4. The average molecular weight is 294 g/mol. The summed E-state index contributed by atoms with van der Waals surface area (Å²) in [6, 6.07) is 11.5. The van der Waals surface area contributed by atoms with Gasteiger partial charge in [0.1, 0.15) is 11.3 Å². The summed E-state index contributed by atoms with van der Waals surface area (Å²) in [5.41, 5.74) is 2.63. The molecule has 0 bridgehead atoms. The van der Waals surface area contributed by atoms with Crippen molar-refractivity contribution in [1.82, 2.24) is 0 Å². The fourth-order valence-electron chi connectivity index (χ4n) is 2.68. The maximum absolute atomic E-state index is 12.4. The molecule has 3 rings (SSSR count). The molecule has 0 aliphatic heterocycles. The summed E-state index contributed by atoms with van der Waals surface area (Å²) in [6.07, 6.45) is 0. The third-order valence-corrected chi connectivity index (χ3v) is 3.60. The molecule has 3 aromatic rings. The lowest BCUT2D eigenvalue weighted by atomic mass is 10.0. The molecule has 0 fully saturated rings. The van der Waals surface area contributed by atoms with E-state index in [1.54, 1.807) is 24.3 Å². The molecule has 4 heteroatoms. The summed E-state index contributed by atoms with van der Waals surface area (Å²) >= 11 is 0. The molecule has 22 heavy (non-hydrogen) atoms. The van der Waals surface area contributed by atoms with Crippen molar-refractivity contribution >= 4 is 16.9 Å². The van der Waals surface area contributed by atoms with Gasteiger partial charge in [0.25, 0.3) is 0 Å². The van der Waals surface area contributed by atoms with E-state index in [2.05, 4.69) is 0 Å². The minimum absolute atomic E-state index is 0.106. The summed E-state index contributed by atoms with van der Waals surface area (Å²) in [6.45, 7) is 3.78. The van der Waals surface area contributed by atoms with E-state index < -0.39 is 5.97 Å². The van der Waals surface area contributed by atoms with Crippen LogP contribution in [0, 0.1) is 13.8 Å². The number of fused-ring (bicyclic) bond motifs is 1. The van der Waals surface area contributed by atoms with Crippen molar-refractivity contribution in [2.75, 3.05) is 0 Å². The number of hydrogen-bond donors (Lipinski definition) is 1. The highest BCUT2D eigenvalue weighted by Crippen LogP contribution is 2.27. The molecule has 4 nitrogen and oxygen atoms in total. The first-order valence-electron chi connectivity index (χ1n) is 6.85. The molecule has 1 heterocycles. The molecule has 0 atom stereocenters. The summed E-state index contributed by atoms with van der Waals surface area (Å²) in [5.74, 6) is -0.792. The summed E-state index contributed by atoms with van der Waals surface area (Å²) < 4.78 is 5.82. The van der Waals surface area contributed by atoms with Crippen LogP contribution in [0.4, 0.5) is 0 Å². The number of carboxylic acids is 1.